The van der Waals surface area contributed by atoms with Gasteiger partial charge in [0.2, 0.25) is 0 Å². The van der Waals surface area contributed by atoms with Gasteiger partial charge < -0.3 is 15.4 Å². The molecule has 3 aromatic rings. The SMILES string of the molecule is CCOc1ccc(C(=O)NCCNc2cc(-n3ccc(C)n3)ncn2)cc1. The van der Waals surface area contributed by atoms with Gasteiger partial charge in [-0.25, -0.2) is 14.6 Å². The number of carbonyl (C=O) groups is 1. The van der Waals surface area contributed by atoms with Crippen LogP contribution in [0.4, 0.5) is 5.82 Å². The van der Waals surface area contributed by atoms with E-state index >= 15 is 0 Å². The van der Waals surface area contributed by atoms with E-state index < -0.39 is 0 Å². The van der Waals surface area contributed by atoms with Gasteiger partial charge in [-0.1, -0.05) is 0 Å². The number of amides is 1. The summed E-state index contributed by atoms with van der Waals surface area (Å²) in [6.45, 7) is 5.44. The topological polar surface area (TPSA) is 94.0 Å². The average molecular weight is 366 g/mol. The molecule has 0 aliphatic rings. The molecule has 2 N–H and O–H groups in total. The summed E-state index contributed by atoms with van der Waals surface area (Å²) >= 11 is 0. The standard InChI is InChI=1S/C19H22N6O2/c1-3-27-16-6-4-15(5-7-16)19(26)21-10-9-20-17-12-18(23-13-22-17)25-11-8-14(2)24-25/h4-8,11-13H,3,9-10H2,1-2H3,(H,21,26)(H,20,22,23). The van der Waals surface area contributed by atoms with Crippen LogP contribution in [0.2, 0.25) is 0 Å². The summed E-state index contributed by atoms with van der Waals surface area (Å²) in [7, 11) is 0. The van der Waals surface area contributed by atoms with E-state index in [1.165, 1.54) is 6.33 Å². The first-order chi connectivity index (χ1) is 13.2. The summed E-state index contributed by atoms with van der Waals surface area (Å²) < 4.78 is 7.06. The van der Waals surface area contributed by atoms with Crippen LogP contribution in [0.3, 0.4) is 0 Å². The van der Waals surface area contributed by atoms with Gasteiger partial charge in [-0.2, -0.15) is 5.10 Å². The molecule has 8 heteroatoms. The van der Waals surface area contributed by atoms with Gasteiger partial charge in [-0.15, -0.1) is 0 Å². The Labute approximate surface area is 157 Å². The predicted octanol–water partition coefficient (Wildman–Crippen LogP) is 2.21. The number of hydrogen-bond acceptors (Lipinski definition) is 6. The van der Waals surface area contributed by atoms with Gasteiger partial charge in [-0.05, 0) is 44.2 Å². The number of nitrogens with one attached hydrogen (secondary N) is 2. The third-order valence-electron chi connectivity index (χ3n) is 3.75. The lowest BCUT2D eigenvalue weighted by Crippen LogP contribution is -2.28. The van der Waals surface area contributed by atoms with Crippen LogP contribution in [-0.4, -0.2) is 45.4 Å². The third-order valence-corrected chi connectivity index (χ3v) is 3.75. The number of rotatable bonds is 8. The number of benzene rings is 1. The second-order valence-corrected chi connectivity index (χ2v) is 5.80. The van der Waals surface area contributed by atoms with Crippen molar-refractivity contribution >= 4 is 11.7 Å². The van der Waals surface area contributed by atoms with E-state index in [4.69, 9.17) is 4.74 Å². The molecule has 140 valence electrons. The van der Waals surface area contributed by atoms with Crippen LogP contribution in [0, 0.1) is 6.92 Å². The first kappa shape index (κ1) is 18.4. The summed E-state index contributed by atoms with van der Waals surface area (Å²) in [5.74, 6) is 1.97. The predicted molar refractivity (Wildman–Crippen MR) is 102 cm³/mol. The van der Waals surface area contributed by atoms with Crippen molar-refractivity contribution in [1.82, 2.24) is 25.1 Å². The molecule has 0 bridgehead atoms. The molecule has 0 aliphatic carbocycles. The lowest BCUT2D eigenvalue weighted by Gasteiger charge is -2.09. The lowest BCUT2D eigenvalue weighted by atomic mass is 10.2. The normalized spacial score (nSPS) is 10.4. The smallest absolute Gasteiger partial charge is 0.251 e. The fraction of sp³-hybridized carbons (Fsp3) is 0.263. The summed E-state index contributed by atoms with van der Waals surface area (Å²) in [6.07, 6.45) is 3.33. The molecule has 0 fully saturated rings. The Bertz CT molecular complexity index is 891. The van der Waals surface area contributed by atoms with Crippen molar-refractivity contribution in [3.63, 3.8) is 0 Å². The molecule has 0 aliphatic heterocycles. The molecule has 0 unspecified atom stereocenters. The largest absolute Gasteiger partial charge is 0.494 e. The van der Waals surface area contributed by atoms with E-state index in [2.05, 4.69) is 25.7 Å². The van der Waals surface area contributed by atoms with E-state index in [0.717, 1.165) is 11.4 Å². The maximum absolute atomic E-state index is 12.1. The van der Waals surface area contributed by atoms with Crippen LogP contribution in [0.15, 0.2) is 48.9 Å². The monoisotopic (exact) mass is 366 g/mol. The third kappa shape index (κ3) is 5.04. The molecule has 8 nitrogen and oxygen atoms in total. The zero-order valence-corrected chi connectivity index (χ0v) is 15.3. The molecular formula is C19H22N6O2. The van der Waals surface area contributed by atoms with Crippen LogP contribution in [-0.2, 0) is 0 Å². The maximum atomic E-state index is 12.1. The molecule has 1 amide bonds. The molecule has 3 rings (SSSR count). The minimum Gasteiger partial charge on any atom is -0.494 e. The number of anilines is 1. The van der Waals surface area contributed by atoms with Crippen molar-refractivity contribution in [2.45, 2.75) is 13.8 Å². The molecule has 0 spiro atoms. The fourth-order valence-corrected chi connectivity index (χ4v) is 2.45. The molecule has 0 atom stereocenters. The summed E-state index contributed by atoms with van der Waals surface area (Å²) in [5.41, 5.74) is 1.51. The molecule has 27 heavy (non-hydrogen) atoms. The molecule has 2 aromatic heterocycles. The van der Waals surface area contributed by atoms with E-state index in [-0.39, 0.29) is 5.91 Å². The quantitative estimate of drug-likeness (QED) is 0.594. The van der Waals surface area contributed by atoms with Gasteiger partial charge in [0.15, 0.2) is 5.82 Å². The number of aryl methyl sites for hydroxylation is 1. The van der Waals surface area contributed by atoms with Gasteiger partial charge in [0.05, 0.1) is 12.3 Å². The van der Waals surface area contributed by atoms with Crippen molar-refractivity contribution in [1.29, 1.82) is 0 Å². The number of aromatic nitrogens is 4. The number of nitrogens with zero attached hydrogens (tertiary/aromatic N) is 4. The highest BCUT2D eigenvalue weighted by atomic mass is 16.5. The zero-order chi connectivity index (χ0) is 19.1. The second kappa shape index (κ2) is 8.79. The van der Waals surface area contributed by atoms with E-state index in [1.807, 2.05) is 26.1 Å². The molecular weight excluding hydrogens is 344 g/mol. The van der Waals surface area contributed by atoms with E-state index in [9.17, 15) is 4.79 Å². The minimum atomic E-state index is -0.129. The Kier molecular flexibility index (Phi) is 5.98. The summed E-state index contributed by atoms with van der Waals surface area (Å²) in [5, 5.41) is 10.4. The van der Waals surface area contributed by atoms with Crippen molar-refractivity contribution in [3.8, 4) is 11.6 Å². The summed E-state index contributed by atoms with van der Waals surface area (Å²) in [4.78, 5) is 20.5. The Hall–Kier alpha value is -3.42. The van der Waals surface area contributed by atoms with Crippen LogP contribution in [0.1, 0.15) is 23.0 Å². The van der Waals surface area contributed by atoms with Gasteiger partial charge in [0, 0.05) is 30.9 Å². The van der Waals surface area contributed by atoms with Gasteiger partial charge in [-0.3, -0.25) is 4.79 Å². The molecule has 0 saturated heterocycles. The van der Waals surface area contributed by atoms with Crippen LogP contribution in [0.25, 0.3) is 5.82 Å². The number of hydrogen-bond donors (Lipinski definition) is 2. The Morgan fingerprint density at radius 1 is 1.15 bits per heavy atom. The maximum Gasteiger partial charge on any atom is 0.251 e. The summed E-state index contributed by atoms with van der Waals surface area (Å²) in [6, 6.07) is 10.8. The van der Waals surface area contributed by atoms with Crippen LogP contribution < -0.4 is 15.4 Å². The minimum absolute atomic E-state index is 0.129. The molecule has 0 radical (unpaired) electrons. The van der Waals surface area contributed by atoms with Crippen molar-refractivity contribution in [2.24, 2.45) is 0 Å². The fourth-order valence-electron chi connectivity index (χ4n) is 2.45. The molecule has 1 aromatic carbocycles. The second-order valence-electron chi connectivity index (χ2n) is 5.80. The average Bonchev–Trinajstić information content (AvgIpc) is 3.13. The highest BCUT2D eigenvalue weighted by molar-refractivity contribution is 5.94. The molecule has 2 heterocycles. The van der Waals surface area contributed by atoms with Gasteiger partial charge in [0.1, 0.15) is 17.9 Å². The van der Waals surface area contributed by atoms with Crippen molar-refractivity contribution in [2.75, 3.05) is 25.0 Å². The first-order valence-electron chi connectivity index (χ1n) is 8.75. The first-order valence-corrected chi connectivity index (χ1v) is 8.75. The Balaban J connectivity index is 1.48. The van der Waals surface area contributed by atoms with E-state index in [1.54, 1.807) is 35.0 Å². The van der Waals surface area contributed by atoms with Crippen LogP contribution >= 0.6 is 0 Å². The highest BCUT2D eigenvalue weighted by Gasteiger charge is 2.06. The Morgan fingerprint density at radius 3 is 2.67 bits per heavy atom. The Morgan fingerprint density at radius 2 is 1.96 bits per heavy atom. The van der Waals surface area contributed by atoms with Crippen LogP contribution in [0.5, 0.6) is 5.75 Å². The van der Waals surface area contributed by atoms with E-state index in [0.29, 0.717) is 36.9 Å². The zero-order valence-electron chi connectivity index (χ0n) is 15.3. The van der Waals surface area contributed by atoms with Crippen molar-refractivity contribution in [3.05, 3.63) is 60.2 Å². The van der Waals surface area contributed by atoms with Crippen molar-refractivity contribution < 1.29 is 9.53 Å². The lowest BCUT2D eigenvalue weighted by molar-refractivity contribution is 0.0955. The number of carbonyl (C=O) groups excluding carboxylic acids is 1. The molecule has 0 saturated carbocycles. The number of ether oxygens (including phenoxy) is 1. The van der Waals surface area contributed by atoms with Gasteiger partial charge >= 0.3 is 0 Å². The van der Waals surface area contributed by atoms with Gasteiger partial charge in [0.25, 0.3) is 5.91 Å². The highest BCUT2D eigenvalue weighted by Crippen LogP contribution is 2.12.